The molecule has 0 radical (unpaired) electrons. The Morgan fingerprint density at radius 2 is 1.52 bits per heavy atom. The van der Waals surface area contributed by atoms with Gasteiger partial charge in [0.05, 0.1) is 4.90 Å². The smallest absolute Gasteiger partial charge is 0.294 e. The predicted octanol–water partition coefficient (Wildman–Crippen LogP) is 3.54. The molecule has 0 aliphatic carbocycles. The molecule has 0 spiro atoms. The van der Waals surface area contributed by atoms with E-state index in [2.05, 4.69) is 9.97 Å². The van der Waals surface area contributed by atoms with E-state index in [0.717, 1.165) is 11.4 Å². The number of rotatable bonds is 4. The molecule has 0 saturated heterocycles. The summed E-state index contributed by atoms with van der Waals surface area (Å²) in [5.41, 5.74) is 0.930. The Bertz CT molecular complexity index is 861. The van der Waals surface area contributed by atoms with E-state index in [1.807, 2.05) is 12.1 Å². The number of hydrogen-bond donors (Lipinski definition) is 2. The Balaban J connectivity index is 0.00000192. The van der Waals surface area contributed by atoms with Crippen molar-refractivity contribution >= 4 is 22.5 Å². The Hall–Kier alpha value is -2.35. The molecule has 0 aliphatic heterocycles. The summed E-state index contributed by atoms with van der Waals surface area (Å²) < 4.78 is 36.4. The molecular formula is C15H13ClN2O4S. The van der Waals surface area contributed by atoms with E-state index in [1.54, 1.807) is 24.5 Å². The SMILES string of the molecule is Cl.O=S(=O)(O)c1ccc(Oc2ccc(-c3ncc[nH]3)cc2)cc1. The van der Waals surface area contributed by atoms with E-state index in [0.29, 0.717) is 11.5 Å². The molecule has 8 heteroatoms. The van der Waals surface area contributed by atoms with Gasteiger partial charge in [0.2, 0.25) is 0 Å². The molecule has 0 amide bonds. The number of nitrogens with zero attached hydrogens (tertiary/aromatic N) is 1. The van der Waals surface area contributed by atoms with E-state index in [9.17, 15) is 8.42 Å². The van der Waals surface area contributed by atoms with Crippen molar-refractivity contribution in [2.24, 2.45) is 0 Å². The summed E-state index contributed by atoms with van der Waals surface area (Å²) in [5.74, 6) is 1.84. The van der Waals surface area contributed by atoms with Crippen LogP contribution in [0.15, 0.2) is 65.8 Å². The number of benzene rings is 2. The van der Waals surface area contributed by atoms with Crippen molar-refractivity contribution < 1.29 is 17.7 Å². The number of ether oxygens (including phenoxy) is 1. The van der Waals surface area contributed by atoms with Crippen LogP contribution in [0, 0.1) is 0 Å². The van der Waals surface area contributed by atoms with Crippen LogP contribution in [0.4, 0.5) is 0 Å². The predicted molar refractivity (Wildman–Crippen MR) is 87.6 cm³/mol. The minimum absolute atomic E-state index is 0. The van der Waals surface area contributed by atoms with Crippen LogP contribution in [0.5, 0.6) is 11.5 Å². The van der Waals surface area contributed by atoms with Gasteiger partial charge in [0.15, 0.2) is 0 Å². The molecule has 2 aromatic carbocycles. The first kappa shape index (κ1) is 17.0. The monoisotopic (exact) mass is 352 g/mol. The van der Waals surface area contributed by atoms with Crippen molar-refractivity contribution in [3.8, 4) is 22.9 Å². The van der Waals surface area contributed by atoms with Gasteiger partial charge in [0, 0.05) is 18.0 Å². The number of nitrogens with one attached hydrogen (secondary N) is 1. The van der Waals surface area contributed by atoms with Gasteiger partial charge < -0.3 is 9.72 Å². The normalized spacial score (nSPS) is 10.8. The summed E-state index contributed by atoms with van der Waals surface area (Å²) in [7, 11) is -4.19. The van der Waals surface area contributed by atoms with Crippen LogP contribution in [0.3, 0.4) is 0 Å². The number of hydrogen-bond acceptors (Lipinski definition) is 4. The highest BCUT2D eigenvalue weighted by Gasteiger charge is 2.09. The van der Waals surface area contributed by atoms with Crippen LogP contribution in [-0.4, -0.2) is 22.9 Å². The van der Waals surface area contributed by atoms with Gasteiger partial charge in [-0.3, -0.25) is 4.55 Å². The average molecular weight is 353 g/mol. The van der Waals surface area contributed by atoms with Gasteiger partial charge in [-0.05, 0) is 48.5 Å². The summed E-state index contributed by atoms with van der Waals surface area (Å²) >= 11 is 0. The van der Waals surface area contributed by atoms with Crippen molar-refractivity contribution in [2.75, 3.05) is 0 Å². The first-order valence-electron chi connectivity index (χ1n) is 6.37. The van der Waals surface area contributed by atoms with E-state index < -0.39 is 10.1 Å². The fraction of sp³-hybridized carbons (Fsp3) is 0. The molecule has 2 N–H and O–H groups in total. The van der Waals surface area contributed by atoms with Gasteiger partial charge in [-0.25, -0.2) is 4.98 Å². The first-order chi connectivity index (χ1) is 10.5. The second kappa shape index (κ2) is 6.82. The Kier molecular flexibility index (Phi) is 5.05. The minimum Gasteiger partial charge on any atom is -0.457 e. The highest BCUT2D eigenvalue weighted by atomic mass is 35.5. The molecule has 0 aliphatic rings. The second-order valence-corrected chi connectivity index (χ2v) is 5.93. The van der Waals surface area contributed by atoms with Gasteiger partial charge in [-0.1, -0.05) is 0 Å². The van der Waals surface area contributed by atoms with Crippen LogP contribution in [-0.2, 0) is 10.1 Å². The Morgan fingerprint density at radius 1 is 0.957 bits per heavy atom. The standard InChI is InChI=1S/C15H12N2O4S.ClH/c18-22(19,20)14-7-5-13(6-8-14)21-12-3-1-11(2-4-12)15-16-9-10-17-15;/h1-10H,(H,16,17)(H,18,19,20);1H. The zero-order chi connectivity index (χ0) is 15.6. The molecule has 23 heavy (non-hydrogen) atoms. The number of halogens is 1. The van der Waals surface area contributed by atoms with Crippen LogP contribution >= 0.6 is 12.4 Å². The third-order valence-corrected chi connectivity index (χ3v) is 3.85. The Labute approximate surface area is 139 Å². The molecule has 3 aromatic rings. The molecule has 0 atom stereocenters. The summed E-state index contributed by atoms with van der Waals surface area (Å²) in [5, 5.41) is 0. The molecule has 0 saturated carbocycles. The highest BCUT2D eigenvalue weighted by Crippen LogP contribution is 2.25. The fourth-order valence-electron chi connectivity index (χ4n) is 1.92. The maximum atomic E-state index is 11.0. The van der Waals surface area contributed by atoms with Crippen LogP contribution in [0.25, 0.3) is 11.4 Å². The van der Waals surface area contributed by atoms with Gasteiger partial charge in [0.1, 0.15) is 17.3 Å². The number of imidazole rings is 1. The van der Waals surface area contributed by atoms with Gasteiger partial charge in [-0.15, -0.1) is 12.4 Å². The molecule has 3 rings (SSSR count). The largest absolute Gasteiger partial charge is 0.457 e. The molecular weight excluding hydrogens is 340 g/mol. The van der Waals surface area contributed by atoms with Crippen LogP contribution in [0.1, 0.15) is 0 Å². The van der Waals surface area contributed by atoms with Crippen LogP contribution < -0.4 is 4.74 Å². The minimum atomic E-state index is -4.19. The third-order valence-electron chi connectivity index (χ3n) is 2.98. The fourth-order valence-corrected chi connectivity index (χ4v) is 2.40. The zero-order valence-electron chi connectivity index (χ0n) is 11.7. The zero-order valence-corrected chi connectivity index (χ0v) is 13.3. The lowest BCUT2D eigenvalue weighted by molar-refractivity contribution is 0.478. The molecule has 1 heterocycles. The Morgan fingerprint density at radius 3 is 2.00 bits per heavy atom. The summed E-state index contributed by atoms with van der Waals surface area (Å²) in [6.07, 6.45) is 3.42. The number of aromatic nitrogens is 2. The van der Waals surface area contributed by atoms with E-state index >= 15 is 0 Å². The lowest BCUT2D eigenvalue weighted by Crippen LogP contribution is -1.97. The van der Waals surface area contributed by atoms with Crippen molar-refractivity contribution in [3.05, 3.63) is 60.9 Å². The average Bonchev–Trinajstić information content (AvgIpc) is 3.02. The molecule has 6 nitrogen and oxygen atoms in total. The molecule has 0 unspecified atom stereocenters. The molecule has 120 valence electrons. The summed E-state index contributed by atoms with van der Waals surface area (Å²) in [6.45, 7) is 0. The topological polar surface area (TPSA) is 92.3 Å². The van der Waals surface area contributed by atoms with Crippen molar-refractivity contribution in [3.63, 3.8) is 0 Å². The first-order valence-corrected chi connectivity index (χ1v) is 7.81. The molecule has 1 aromatic heterocycles. The van der Waals surface area contributed by atoms with E-state index in [4.69, 9.17) is 9.29 Å². The molecule has 0 bridgehead atoms. The quantitative estimate of drug-likeness (QED) is 0.700. The van der Waals surface area contributed by atoms with Gasteiger partial charge >= 0.3 is 0 Å². The van der Waals surface area contributed by atoms with Gasteiger partial charge in [0.25, 0.3) is 10.1 Å². The summed E-state index contributed by atoms with van der Waals surface area (Å²) in [4.78, 5) is 6.99. The third kappa shape index (κ3) is 4.10. The van der Waals surface area contributed by atoms with Crippen LogP contribution in [0.2, 0.25) is 0 Å². The second-order valence-electron chi connectivity index (χ2n) is 4.51. The van der Waals surface area contributed by atoms with E-state index in [1.165, 1.54) is 24.3 Å². The highest BCUT2D eigenvalue weighted by molar-refractivity contribution is 7.85. The van der Waals surface area contributed by atoms with Crippen molar-refractivity contribution in [1.82, 2.24) is 9.97 Å². The lowest BCUT2D eigenvalue weighted by atomic mass is 10.2. The molecule has 0 fully saturated rings. The van der Waals surface area contributed by atoms with Gasteiger partial charge in [-0.2, -0.15) is 8.42 Å². The lowest BCUT2D eigenvalue weighted by Gasteiger charge is -2.06. The maximum absolute atomic E-state index is 11.0. The van der Waals surface area contributed by atoms with Crippen molar-refractivity contribution in [1.29, 1.82) is 0 Å². The van der Waals surface area contributed by atoms with Crippen molar-refractivity contribution in [2.45, 2.75) is 4.90 Å². The maximum Gasteiger partial charge on any atom is 0.294 e. The summed E-state index contributed by atoms with van der Waals surface area (Å²) in [6, 6.07) is 12.8. The number of aromatic amines is 1. The number of H-pyrrole nitrogens is 1. The van der Waals surface area contributed by atoms with E-state index in [-0.39, 0.29) is 17.3 Å².